The summed E-state index contributed by atoms with van der Waals surface area (Å²) in [5.74, 6) is -0.583. The Balaban J connectivity index is 2.41. The Morgan fingerprint density at radius 1 is 1.43 bits per heavy atom. The molecule has 0 aliphatic carbocycles. The first-order valence-corrected chi connectivity index (χ1v) is 7.98. The number of thioether (sulfide) groups is 1. The number of carbonyl (C=O) groups excluding carboxylic acids is 1. The first kappa shape index (κ1) is 17.3. The Morgan fingerprint density at radius 3 is 2.74 bits per heavy atom. The third-order valence-corrected chi connectivity index (χ3v) is 4.41. The van der Waals surface area contributed by atoms with Crippen LogP contribution in [0.4, 0.5) is 0 Å². The summed E-state index contributed by atoms with van der Waals surface area (Å²) in [5, 5.41) is 8.82. The zero-order chi connectivity index (χ0) is 17.0. The Hall–Kier alpha value is -2.06. The average Bonchev–Trinajstić information content (AvgIpc) is 2.74. The Bertz CT molecular complexity index is 686. The number of thiocarbonyl (C=S) groups is 1. The van der Waals surface area contributed by atoms with E-state index in [1.807, 2.05) is 6.92 Å². The molecule has 23 heavy (non-hydrogen) atoms. The van der Waals surface area contributed by atoms with Gasteiger partial charge in [0.2, 0.25) is 0 Å². The molecule has 1 N–H and O–H groups in total. The highest BCUT2D eigenvalue weighted by Crippen LogP contribution is 2.37. The van der Waals surface area contributed by atoms with Crippen molar-refractivity contribution in [2.75, 3.05) is 20.3 Å². The molecule has 1 heterocycles. The molecular weight excluding hydrogens is 338 g/mol. The van der Waals surface area contributed by atoms with Gasteiger partial charge in [-0.25, -0.2) is 4.79 Å². The molecule has 0 bridgehead atoms. The van der Waals surface area contributed by atoms with Gasteiger partial charge in [0.15, 0.2) is 18.1 Å². The second kappa shape index (κ2) is 7.47. The minimum Gasteiger partial charge on any atom is -0.490 e. The van der Waals surface area contributed by atoms with Gasteiger partial charge < -0.3 is 14.6 Å². The molecule has 1 aromatic carbocycles. The Labute approximate surface area is 143 Å². The number of amides is 1. The number of rotatable bonds is 6. The van der Waals surface area contributed by atoms with Crippen molar-refractivity contribution in [1.82, 2.24) is 4.90 Å². The van der Waals surface area contributed by atoms with Gasteiger partial charge in [-0.05, 0) is 19.1 Å². The molecule has 1 aromatic rings. The topological polar surface area (TPSA) is 76.1 Å². The number of carbonyl (C=O) groups is 2. The lowest BCUT2D eigenvalue weighted by Gasteiger charge is -2.13. The number of carboxylic acids is 1. The molecular formula is C15H15NO5S2. The van der Waals surface area contributed by atoms with Crippen molar-refractivity contribution < 1.29 is 24.2 Å². The van der Waals surface area contributed by atoms with Gasteiger partial charge in [-0.3, -0.25) is 9.69 Å². The third kappa shape index (κ3) is 4.02. The van der Waals surface area contributed by atoms with Crippen LogP contribution in [-0.4, -0.2) is 46.5 Å². The molecule has 0 aromatic heterocycles. The lowest BCUT2D eigenvalue weighted by molar-refractivity contribution is -0.139. The summed E-state index contributed by atoms with van der Waals surface area (Å²) in [6.45, 7) is 1.72. The summed E-state index contributed by atoms with van der Waals surface area (Å²) in [7, 11) is 1.61. The van der Waals surface area contributed by atoms with Gasteiger partial charge in [0, 0.05) is 12.6 Å². The quantitative estimate of drug-likeness (QED) is 0.621. The molecule has 2 rings (SSSR count). The summed E-state index contributed by atoms with van der Waals surface area (Å²) < 4.78 is 11.3. The maximum Gasteiger partial charge on any atom is 0.341 e. The van der Waals surface area contributed by atoms with Crippen molar-refractivity contribution >= 4 is 46.3 Å². The van der Waals surface area contributed by atoms with Crippen molar-refractivity contribution in [3.05, 3.63) is 28.7 Å². The fourth-order valence-corrected chi connectivity index (χ4v) is 3.06. The highest BCUT2D eigenvalue weighted by atomic mass is 32.2. The van der Waals surface area contributed by atoms with E-state index >= 15 is 0 Å². The number of ether oxygens (including phenoxy) is 2. The number of nitrogens with zero attached hydrogens (tertiary/aromatic N) is 1. The van der Waals surface area contributed by atoms with Crippen molar-refractivity contribution in [2.45, 2.75) is 6.92 Å². The van der Waals surface area contributed by atoms with Gasteiger partial charge >= 0.3 is 5.97 Å². The van der Waals surface area contributed by atoms with E-state index in [4.69, 9.17) is 26.8 Å². The van der Waals surface area contributed by atoms with Crippen LogP contribution in [0.2, 0.25) is 0 Å². The molecule has 0 atom stereocenters. The van der Waals surface area contributed by atoms with E-state index in [0.29, 0.717) is 27.1 Å². The molecule has 122 valence electrons. The van der Waals surface area contributed by atoms with Crippen molar-refractivity contribution in [2.24, 2.45) is 0 Å². The number of benzene rings is 1. The Morgan fingerprint density at radius 2 is 2.17 bits per heavy atom. The molecule has 1 aliphatic heterocycles. The molecule has 6 nitrogen and oxygen atoms in total. The summed E-state index contributed by atoms with van der Waals surface area (Å²) in [5.41, 5.74) is 0.561. The molecule has 1 saturated heterocycles. The molecule has 8 heteroatoms. The number of carboxylic acid groups (broad SMARTS) is 1. The second-order valence-corrected chi connectivity index (χ2v) is 6.21. The Kier molecular flexibility index (Phi) is 5.62. The fourth-order valence-electron chi connectivity index (χ4n) is 1.89. The molecule has 0 saturated carbocycles. The predicted octanol–water partition coefficient (Wildman–Crippen LogP) is 2.38. The van der Waals surface area contributed by atoms with E-state index < -0.39 is 12.6 Å². The molecule has 0 unspecified atom stereocenters. The second-order valence-electron chi connectivity index (χ2n) is 4.53. The minimum absolute atomic E-state index is 0.203. The standard InChI is InChI=1S/C15H15NO5S2/c1-3-20-10-6-4-5-9(13(10)21-8-12(17)18)7-11-14(19)16(2)15(22)23-11/h4-7H,3,8H2,1-2H3,(H,17,18)/b11-7+. The third-order valence-electron chi connectivity index (χ3n) is 2.92. The van der Waals surface area contributed by atoms with Crippen LogP contribution in [0.15, 0.2) is 23.1 Å². The number of likely N-dealkylation sites (N-methyl/N-ethyl adjacent to an activating group) is 1. The zero-order valence-electron chi connectivity index (χ0n) is 12.6. The van der Waals surface area contributed by atoms with Crippen LogP contribution < -0.4 is 9.47 Å². The van der Waals surface area contributed by atoms with Crippen LogP contribution >= 0.6 is 24.0 Å². The summed E-state index contributed by atoms with van der Waals surface area (Å²) >= 11 is 6.28. The van der Waals surface area contributed by atoms with Crippen LogP contribution in [0.5, 0.6) is 11.5 Å². The SMILES string of the molecule is CCOc1cccc(/C=C2/SC(=S)N(C)C2=O)c1OCC(=O)O. The van der Waals surface area contributed by atoms with E-state index in [9.17, 15) is 9.59 Å². The highest BCUT2D eigenvalue weighted by Gasteiger charge is 2.29. The van der Waals surface area contributed by atoms with Crippen LogP contribution in [0.1, 0.15) is 12.5 Å². The summed E-state index contributed by atoms with van der Waals surface area (Å²) in [6, 6.07) is 5.15. The van der Waals surface area contributed by atoms with Crippen molar-refractivity contribution in [1.29, 1.82) is 0 Å². The van der Waals surface area contributed by atoms with Crippen molar-refractivity contribution in [3.8, 4) is 11.5 Å². The summed E-state index contributed by atoms with van der Waals surface area (Å²) in [6.07, 6.45) is 1.63. The van der Waals surface area contributed by atoms with E-state index in [0.717, 1.165) is 0 Å². The first-order valence-electron chi connectivity index (χ1n) is 6.76. The van der Waals surface area contributed by atoms with E-state index in [2.05, 4.69) is 0 Å². The van der Waals surface area contributed by atoms with Gasteiger partial charge in [-0.1, -0.05) is 36.1 Å². The molecule has 0 radical (unpaired) electrons. The molecule has 1 amide bonds. The van der Waals surface area contributed by atoms with Crippen molar-refractivity contribution in [3.63, 3.8) is 0 Å². The van der Waals surface area contributed by atoms with E-state index in [1.54, 1.807) is 31.3 Å². The van der Waals surface area contributed by atoms with E-state index in [-0.39, 0.29) is 11.7 Å². The lowest BCUT2D eigenvalue weighted by atomic mass is 10.1. The largest absolute Gasteiger partial charge is 0.490 e. The lowest BCUT2D eigenvalue weighted by Crippen LogP contribution is -2.22. The smallest absolute Gasteiger partial charge is 0.341 e. The normalized spacial score (nSPS) is 16.1. The maximum atomic E-state index is 12.1. The monoisotopic (exact) mass is 353 g/mol. The summed E-state index contributed by atoms with van der Waals surface area (Å²) in [4.78, 5) is 24.7. The van der Waals surface area contributed by atoms with Crippen LogP contribution in [0.25, 0.3) is 6.08 Å². The highest BCUT2D eigenvalue weighted by molar-refractivity contribution is 8.26. The first-order chi connectivity index (χ1) is 10.9. The predicted molar refractivity (Wildman–Crippen MR) is 91.7 cm³/mol. The number of hydrogen-bond donors (Lipinski definition) is 1. The molecule has 1 aliphatic rings. The van der Waals surface area contributed by atoms with Gasteiger partial charge in [0.05, 0.1) is 11.5 Å². The zero-order valence-corrected chi connectivity index (χ0v) is 14.2. The minimum atomic E-state index is -1.10. The van der Waals surface area contributed by atoms with Crippen LogP contribution in [-0.2, 0) is 9.59 Å². The van der Waals surface area contributed by atoms with E-state index in [1.165, 1.54) is 16.7 Å². The number of para-hydroxylation sites is 1. The number of aliphatic carboxylic acids is 1. The van der Waals surface area contributed by atoms with Crippen LogP contribution in [0.3, 0.4) is 0 Å². The van der Waals surface area contributed by atoms with Gasteiger partial charge in [-0.15, -0.1) is 0 Å². The fraction of sp³-hybridized carbons (Fsp3) is 0.267. The van der Waals surface area contributed by atoms with Gasteiger partial charge in [0.1, 0.15) is 4.32 Å². The maximum absolute atomic E-state index is 12.1. The van der Waals surface area contributed by atoms with Crippen LogP contribution in [0, 0.1) is 0 Å². The average molecular weight is 353 g/mol. The molecule has 1 fully saturated rings. The van der Waals surface area contributed by atoms with Gasteiger partial charge in [0.25, 0.3) is 5.91 Å². The number of hydrogen-bond acceptors (Lipinski definition) is 6. The van der Waals surface area contributed by atoms with Gasteiger partial charge in [-0.2, -0.15) is 0 Å². The molecule has 0 spiro atoms.